The molecule has 2 nitrogen and oxygen atoms in total. The van der Waals surface area contributed by atoms with Crippen molar-refractivity contribution in [3.8, 4) is 0 Å². The minimum absolute atomic E-state index is 0.0242. The average Bonchev–Trinajstić information content (AvgIpc) is 2.81. The summed E-state index contributed by atoms with van der Waals surface area (Å²) in [5.41, 5.74) is -0.563. The molecule has 6 rings (SSSR count). The van der Waals surface area contributed by atoms with Crippen molar-refractivity contribution in [2.24, 2.45) is 22.2 Å². The van der Waals surface area contributed by atoms with Crippen molar-refractivity contribution in [3.63, 3.8) is 0 Å². The second kappa shape index (κ2) is 3.69. The predicted octanol–water partition coefficient (Wildman–Crippen LogP) is 4.47. The molecule has 0 aliphatic heterocycles. The molecule has 5 aliphatic carbocycles. The fourth-order valence-corrected chi connectivity index (χ4v) is 5.73. The van der Waals surface area contributed by atoms with Gasteiger partial charge in [-0.05, 0) is 54.2 Å². The van der Waals surface area contributed by atoms with E-state index in [1.807, 2.05) is 0 Å². The van der Waals surface area contributed by atoms with Crippen LogP contribution in [0.2, 0.25) is 0 Å². The molecule has 1 N–H and O–H groups in total. The molecule has 0 spiro atoms. The number of benzene rings is 1. The zero-order valence-corrected chi connectivity index (χ0v) is 12.6. The highest BCUT2D eigenvalue weighted by atomic mass is 19.4. The first kappa shape index (κ1) is 14.1. The van der Waals surface area contributed by atoms with Gasteiger partial charge in [-0.3, -0.25) is 4.79 Å². The van der Waals surface area contributed by atoms with Gasteiger partial charge in [0.25, 0.3) is 0 Å². The first-order valence-electron chi connectivity index (χ1n) is 7.64. The Kier molecular flexibility index (Phi) is 2.36. The monoisotopic (exact) mass is 309 g/mol. The van der Waals surface area contributed by atoms with Crippen molar-refractivity contribution in [2.75, 3.05) is 5.32 Å². The van der Waals surface area contributed by atoms with Gasteiger partial charge in [0.2, 0.25) is 5.91 Å². The van der Waals surface area contributed by atoms with Crippen molar-refractivity contribution < 1.29 is 18.0 Å². The van der Waals surface area contributed by atoms with Crippen molar-refractivity contribution in [2.45, 2.75) is 39.3 Å². The van der Waals surface area contributed by atoms with Gasteiger partial charge in [0, 0.05) is 5.69 Å². The quantitative estimate of drug-likeness (QED) is 0.858. The second-order valence-corrected chi connectivity index (χ2v) is 7.52. The lowest BCUT2D eigenvalue weighted by Crippen LogP contribution is -2.81. The van der Waals surface area contributed by atoms with Crippen molar-refractivity contribution in [3.05, 3.63) is 29.8 Å². The summed E-state index contributed by atoms with van der Waals surface area (Å²) in [4.78, 5) is 12.7. The Bertz CT molecular complexity index is 685. The minimum Gasteiger partial charge on any atom is -0.326 e. The van der Waals surface area contributed by atoms with Crippen LogP contribution in [0.3, 0.4) is 0 Å². The fourth-order valence-electron chi connectivity index (χ4n) is 5.73. The summed E-state index contributed by atoms with van der Waals surface area (Å²) in [6.45, 7) is 4.40. The van der Waals surface area contributed by atoms with Crippen LogP contribution in [-0.2, 0) is 11.0 Å². The summed E-state index contributed by atoms with van der Waals surface area (Å²) in [6, 6.07) is 4.88. The van der Waals surface area contributed by atoms with Crippen LogP contribution >= 0.6 is 0 Å². The normalized spacial score (nSPS) is 41.6. The summed E-state index contributed by atoms with van der Waals surface area (Å²) in [5.74, 6) is 0.302. The van der Waals surface area contributed by atoms with Crippen LogP contribution in [0.4, 0.5) is 18.9 Å². The van der Waals surface area contributed by atoms with Crippen LogP contribution in [-0.4, -0.2) is 5.91 Å². The van der Waals surface area contributed by atoms with E-state index in [0.29, 0.717) is 5.92 Å². The zero-order chi connectivity index (χ0) is 16.0. The number of carbonyl (C=O) groups is 1. The molecule has 118 valence electrons. The summed E-state index contributed by atoms with van der Waals surface area (Å²) in [6.07, 6.45) is -1.42. The minimum atomic E-state index is -4.39. The number of halogens is 3. The largest absolute Gasteiger partial charge is 0.416 e. The van der Waals surface area contributed by atoms with Crippen molar-refractivity contribution >= 4 is 11.6 Å². The number of hydrogen-bond donors (Lipinski definition) is 1. The lowest BCUT2D eigenvalue weighted by molar-refractivity contribution is -0.326. The van der Waals surface area contributed by atoms with Gasteiger partial charge >= 0.3 is 6.18 Å². The van der Waals surface area contributed by atoms with Gasteiger partial charge in [0.05, 0.1) is 11.0 Å². The van der Waals surface area contributed by atoms with Gasteiger partial charge in [-0.1, -0.05) is 19.9 Å². The molecule has 22 heavy (non-hydrogen) atoms. The Balaban J connectivity index is 1.58. The molecule has 5 heteroatoms. The van der Waals surface area contributed by atoms with Gasteiger partial charge < -0.3 is 5.32 Å². The maximum Gasteiger partial charge on any atom is 0.416 e. The summed E-state index contributed by atoms with van der Waals surface area (Å²) < 4.78 is 38.3. The van der Waals surface area contributed by atoms with Gasteiger partial charge in [-0.15, -0.1) is 0 Å². The molecule has 1 amide bonds. The third-order valence-corrected chi connectivity index (χ3v) is 7.04. The Morgan fingerprint density at radius 3 is 2.59 bits per heavy atom. The molecule has 5 aliphatic rings. The van der Waals surface area contributed by atoms with E-state index in [9.17, 15) is 18.0 Å². The third kappa shape index (κ3) is 1.28. The van der Waals surface area contributed by atoms with Crippen LogP contribution in [0.1, 0.15) is 38.7 Å². The van der Waals surface area contributed by atoms with Crippen LogP contribution in [0.5, 0.6) is 0 Å². The Hall–Kier alpha value is -1.52. The number of amides is 1. The molecular formula is C17H18F3NO. The van der Waals surface area contributed by atoms with E-state index < -0.39 is 11.7 Å². The smallest absolute Gasteiger partial charge is 0.326 e. The summed E-state index contributed by atoms with van der Waals surface area (Å²) in [5, 5.41) is 2.74. The van der Waals surface area contributed by atoms with E-state index in [1.165, 1.54) is 12.1 Å². The Morgan fingerprint density at radius 2 is 2.05 bits per heavy atom. The highest BCUT2D eigenvalue weighted by Gasteiger charge is 2.91. The molecule has 0 unspecified atom stereocenters. The van der Waals surface area contributed by atoms with Crippen molar-refractivity contribution in [1.29, 1.82) is 0 Å². The van der Waals surface area contributed by atoms with Gasteiger partial charge in [0.15, 0.2) is 0 Å². The molecule has 0 aromatic heterocycles. The van der Waals surface area contributed by atoms with Crippen LogP contribution in [0, 0.1) is 22.2 Å². The SMILES string of the molecule is C[C@]12CC[C@H]3[C@@]1(C)C[C@@]32C(=O)Nc1cccc(C(F)(F)F)c1. The number of hydrogen-bond acceptors (Lipinski definition) is 1. The van der Waals surface area contributed by atoms with Crippen LogP contribution in [0.25, 0.3) is 0 Å². The molecule has 4 atom stereocenters. The lowest BCUT2D eigenvalue weighted by atomic mass is 9.21. The van der Waals surface area contributed by atoms with E-state index in [0.717, 1.165) is 31.4 Å². The molecule has 1 aromatic rings. The molecular weight excluding hydrogens is 291 g/mol. The second-order valence-electron chi connectivity index (χ2n) is 7.52. The van der Waals surface area contributed by atoms with E-state index >= 15 is 0 Å². The number of nitrogens with one attached hydrogen (secondary N) is 1. The highest BCUT2D eigenvalue weighted by molar-refractivity contribution is 5.99. The van der Waals surface area contributed by atoms with Crippen LogP contribution < -0.4 is 5.32 Å². The van der Waals surface area contributed by atoms with E-state index in [2.05, 4.69) is 19.2 Å². The third-order valence-electron chi connectivity index (χ3n) is 7.04. The molecule has 5 fully saturated rings. The standard InChI is InChI=1S/C17H18F3NO/c1-14-9-16(12(14)6-7-15(14,16)2)13(22)21-11-5-3-4-10(8-11)17(18,19)20/h3-5,8,12H,6-7,9H2,1-2H3,(H,21,22)/t12-,14+,15-,16-/m0/s1. The molecule has 4 bridgehead atoms. The van der Waals surface area contributed by atoms with E-state index in [4.69, 9.17) is 0 Å². The topological polar surface area (TPSA) is 29.1 Å². The number of rotatable bonds is 2. The maximum absolute atomic E-state index is 12.8. The number of anilines is 1. The van der Waals surface area contributed by atoms with E-state index in [1.54, 1.807) is 0 Å². The molecule has 0 saturated heterocycles. The summed E-state index contributed by atoms with van der Waals surface area (Å²) >= 11 is 0. The number of alkyl halides is 3. The molecule has 1 aromatic carbocycles. The fraction of sp³-hybridized carbons (Fsp3) is 0.588. The van der Waals surface area contributed by atoms with Crippen LogP contribution in [0.15, 0.2) is 24.3 Å². The average molecular weight is 309 g/mol. The first-order chi connectivity index (χ1) is 10.2. The number of fused-ring (bicyclic) bond motifs is 1. The Morgan fingerprint density at radius 1 is 1.32 bits per heavy atom. The van der Waals surface area contributed by atoms with Gasteiger partial charge in [-0.25, -0.2) is 0 Å². The van der Waals surface area contributed by atoms with Gasteiger partial charge in [0.1, 0.15) is 0 Å². The summed E-state index contributed by atoms with van der Waals surface area (Å²) in [7, 11) is 0. The van der Waals surface area contributed by atoms with E-state index in [-0.39, 0.29) is 27.8 Å². The first-order valence-corrected chi connectivity index (χ1v) is 7.64. The molecule has 0 radical (unpaired) electrons. The number of carbonyl (C=O) groups excluding carboxylic acids is 1. The van der Waals surface area contributed by atoms with Crippen molar-refractivity contribution in [1.82, 2.24) is 0 Å². The molecule has 0 heterocycles. The lowest BCUT2D eigenvalue weighted by Gasteiger charge is -2.81. The highest BCUT2D eigenvalue weighted by Crippen LogP contribution is 2.93. The molecule has 5 saturated carbocycles. The zero-order valence-electron chi connectivity index (χ0n) is 12.6. The van der Waals surface area contributed by atoms with Gasteiger partial charge in [-0.2, -0.15) is 13.2 Å². The Labute approximate surface area is 127 Å². The predicted molar refractivity (Wildman–Crippen MR) is 76.1 cm³/mol. The maximum atomic E-state index is 12.8.